The summed E-state index contributed by atoms with van der Waals surface area (Å²) < 4.78 is 14.3. The first kappa shape index (κ1) is 23.1. The first-order valence-electron chi connectivity index (χ1n) is 11.4. The minimum Gasteiger partial charge on any atom is -0.497 e. The number of ether oxygens (including phenoxy) is 2. The summed E-state index contributed by atoms with van der Waals surface area (Å²) in [4.78, 5) is 17.5. The van der Waals surface area contributed by atoms with Crippen molar-refractivity contribution in [1.29, 1.82) is 0 Å². The molecule has 0 spiro atoms. The van der Waals surface area contributed by atoms with Crippen LogP contribution in [0.25, 0.3) is 11.0 Å². The van der Waals surface area contributed by atoms with Crippen LogP contribution in [0.1, 0.15) is 27.0 Å². The van der Waals surface area contributed by atoms with Gasteiger partial charge in [-0.3, -0.25) is 4.79 Å². The maximum absolute atomic E-state index is 13.0. The third-order valence-corrected chi connectivity index (χ3v) is 5.96. The molecule has 1 N–H and O–H groups in total. The molecule has 5 aromatic rings. The van der Waals surface area contributed by atoms with E-state index < -0.39 is 0 Å². The maximum atomic E-state index is 13.0. The Hall–Kier alpha value is -4.66. The van der Waals surface area contributed by atoms with Gasteiger partial charge in [0.05, 0.1) is 45.3 Å². The molecule has 0 radical (unpaired) electrons. The number of methoxy groups -OCH3 is 2. The zero-order chi connectivity index (χ0) is 25.1. The number of aryl methyl sites for hydroxylation is 1. The lowest BCUT2D eigenvalue weighted by Gasteiger charge is -2.11. The first-order chi connectivity index (χ1) is 17.5. The predicted molar refractivity (Wildman–Crippen MR) is 137 cm³/mol. The molecule has 0 bridgehead atoms. The molecular formula is C27H26N6O3. The third kappa shape index (κ3) is 4.76. The second-order valence-electron chi connectivity index (χ2n) is 8.43. The number of fused-ring (bicyclic) bond motifs is 1. The van der Waals surface area contributed by atoms with Crippen LogP contribution in [0, 0.1) is 6.92 Å². The van der Waals surface area contributed by atoms with Crippen LogP contribution in [0.3, 0.4) is 0 Å². The zero-order valence-electron chi connectivity index (χ0n) is 20.3. The van der Waals surface area contributed by atoms with Crippen LogP contribution in [0.5, 0.6) is 11.5 Å². The molecule has 9 nitrogen and oxygen atoms in total. The van der Waals surface area contributed by atoms with Crippen LogP contribution in [-0.2, 0) is 13.1 Å². The highest BCUT2D eigenvalue weighted by Crippen LogP contribution is 2.26. The summed E-state index contributed by atoms with van der Waals surface area (Å²) in [5, 5.41) is 12.5. The Balaban J connectivity index is 1.33. The van der Waals surface area contributed by atoms with Gasteiger partial charge in [-0.15, -0.1) is 0 Å². The minimum absolute atomic E-state index is 0.264. The molecule has 0 aliphatic carbocycles. The van der Waals surface area contributed by atoms with Gasteiger partial charge < -0.3 is 14.8 Å². The number of benzene rings is 2. The van der Waals surface area contributed by atoms with Gasteiger partial charge in [0.1, 0.15) is 17.3 Å². The average Bonchev–Trinajstić information content (AvgIpc) is 3.51. The second-order valence-corrected chi connectivity index (χ2v) is 8.43. The van der Waals surface area contributed by atoms with Crippen molar-refractivity contribution in [3.05, 3.63) is 95.4 Å². The molecule has 5 rings (SSSR count). The molecule has 3 aromatic heterocycles. The molecule has 0 atom stereocenters. The van der Waals surface area contributed by atoms with Crippen LogP contribution in [0.15, 0.2) is 73.2 Å². The van der Waals surface area contributed by atoms with Gasteiger partial charge in [-0.1, -0.05) is 29.8 Å². The Morgan fingerprint density at radius 1 is 0.917 bits per heavy atom. The Morgan fingerprint density at radius 2 is 1.75 bits per heavy atom. The quantitative estimate of drug-likeness (QED) is 0.354. The number of rotatable bonds is 8. The third-order valence-electron chi connectivity index (χ3n) is 5.96. The van der Waals surface area contributed by atoms with Gasteiger partial charge >= 0.3 is 0 Å². The summed E-state index contributed by atoms with van der Waals surface area (Å²) in [5.41, 5.74) is 4.35. The summed E-state index contributed by atoms with van der Waals surface area (Å²) in [5.74, 6) is 1.77. The molecule has 2 aromatic carbocycles. The largest absolute Gasteiger partial charge is 0.497 e. The van der Waals surface area contributed by atoms with E-state index in [4.69, 9.17) is 9.47 Å². The Kier molecular flexibility index (Phi) is 6.36. The monoisotopic (exact) mass is 482 g/mol. The van der Waals surface area contributed by atoms with Crippen LogP contribution >= 0.6 is 0 Å². The molecule has 3 heterocycles. The summed E-state index contributed by atoms with van der Waals surface area (Å²) in [6, 6.07) is 17.4. The van der Waals surface area contributed by atoms with Gasteiger partial charge in [-0.2, -0.15) is 10.2 Å². The van der Waals surface area contributed by atoms with E-state index in [1.807, 2.05) is 25.1 Å². The van der Waals surface area contributed by atoms with E-state index in [1.165, 1.54) is 5.56 Å². The summed E-state index contributed by atoms with van der Waals surface area (Å²) in [6.45, 7) is 3.07. The fourth-order valence-corrected chi connectivity index (χ4v) is 3.98. The Labute approximate surface area is 208 Å². The van der Waals surface area contributed by atoms with E-state index in [9.17, 15) is 4.79 Å². The van der Waals surface area contributed by atoms with Gasteiger partial charge in [0.2, 0.25) is 0 Å². The van der Waals surface area contributed by atoms with Gasteiger partial charge in [-0.05, 0) is 30.7 Å². The fraction of sp³-hybridized carbons (Fsp3) is 0.185. The van der Waals surface area contributed by atoms with E-state index >= 15 is 0 Å². The number of amides is 1. The topological polar surface area (TPSA) is 96.1 Å². The smallest absolute Gasteiger partial charge is 0.258 e. The lowest BCUT2D eigenvalue weighted by atomic mass is 10.1. The van der Waals surface area contributed by atoms with Crippen molar-refractivity contribution in [3.63, 3.8) is 0 Å². The van der Waals surface area contributed by atoms with E-state index in [2.05, 4.69) is 44.8 Å². The average molecular weight is 483 g/mol. The molecule has 0 aliphatic heterocycles. The zero-order valence-corrected chi connectivity index (χ0v) is 20.3. The number of hydrogen-bond acceptors (Lipinski definition) is 6. The van der Waals surface area contributed by atoms with E-state index in [1.54, 1.807) is 54.3 Å². The number of hydrogen-bond donors (Lipinski definition) is 1. The number of anilines is 1. The molecule has 1 amide bonds. The van der Waals surface area contributed by atoms with Crippen molar-refractivity contribution in [2.75, 3.05) is 19.5 Å². The Morgan fingerprint density at radius 3 is 2.53 bits per heavy atom. The molecular weight excluding hydrogens is 456 g/mol. The highest BCUT2D eigenvalue weighted by atomic mass is 16.5. The van der Waals surface area contributed by atoms with Gasteiger partial charge in [0.15, 0.2) is 5.65 Å². The molecule has 0 aliphatic rings. The molecule has 0 unspecified atom stereocenters. The van der Waals surface area contributed by atoms with Gasteiger partial charge in [0.25, 0.3) is 5.91 Å². The normalized spacial score (nSPS) is 11.0. The number of nitrogens with zero attached hydrogens (tertiary/aromatic N) is 5. The number of aromatic nitrogens is 5. The van der Waals surface area contributed by atoms with Crippen LogP contribution < -0.4 is 14.8 Å². The minimum atomic E-state index is -0.264. The highest BCUT2D eigenvalue weighted by Gasteiger charge is 2.14. The van der Waals surface area contributed by atoms with Crippen molar-refractivity contribution in [3.8, 4) is 11.5 Å². The summed E-state index contributed by atoms with van der Waals surface area (Å²) in [7, 11) is 3.24. The predicted octanol–water partition coefficient (Wildman–Crippen LogP) is 4.30. The first-order valence-corrected chi connectivity index (χ1v) is 11.4. The van der Waals surface area contributed by atoms with E-state index in [0.29, 0.717) is 35.9 Å². The molecule has 0 saturated heterocycles. The van der Waals surface area contributed by atoms with Gasteiger partial charge in [-0.25, -0.2) is 14.3 Å². The number of pyridine rings is 1. The van der Waals surface area contributed by atoms with Crippen LogP contribution in [-0.4, -0.2) is 44.7 Å². The van der Waals surface area contributed by atoms with Crippen molar-refractivity contribution in [2.45, 2.75) is 20.0 Å². The van der Waals surface area contributed by atoms with Crippen molar-refractivity contribution >= 4 is 22.8 Å². The van der Waals surface area contributed by atoms with Crippen molar-refractivity contribution < 1.29 is 14.3 Å². The molecule has 0 saturated carbocycles. The fourth-order valence-electron chi connectivity index (χ4n) is 3.98. The van der Waals surface area contributed by atoms with E-state index in [-0.39, 0.29) is 5.91 Å². The maximum Gasteiger partial charge on any atom is 0.258 e. The van der Waals surface area contributed by atoms with Gasteiger partial charge in [0, 0.05) is 29.3 Å². The standard InChI is InChI=1S/C27H26N6O3/c1-18-4-6-19(7-5-18)16-32-25(10-11-29-32)31-27(34)22-12-21-15-30-33(26(21)28-14-22)17-20-8-9-23(35-2)13-24(20)36-3/h4-15H,16-17H2,1-3H3,(H,31,34). The van der Waals surface area contributed by atoms with Crippen molar-refractivity contribution in [1.82, 2.24) is 24.5 Å². The number of nitrogens with one attached hydrogen (secondary N) is 1. The summed E-state index contributed by atoms with van der Waals surface area (Å²) >= 11 is 0. The number of carbonyl (C=O) groups is 1. The number of carbonyl (C=O) groups excluding carboxylic acids is 1. The van der Waals surface area contributed by atoms with Crippen molar-refractivity contribution in [2.24, 2.45) is 0 Å². The van der Waals surface area contributed by atoms with Crippen LogP contribution in [0.4, 0.5) is 5.82 Å². The molecule has 182 valence electrons. The highest BCUT2D eigenvalue weighted by molar-refractivity contribution is 6.05. The molecule has 36 heavy (non-hydrogen) atoms. The molecule has 0 fully saturated rings. The SMILES string of the molecule is COc1ccc(Cn2ncc3cc(C(=O)Nc4ccnn4Cc4ccc(C)cc4)cnc32)c(OC)c1. The lowest BCUT2D eigenvalue weighted by Crippen LogP contribution is -2.16. The van der Waals surface area contributed by atoms with Crippen LogP contribution in [0.2, 0.25) is 0 Å². The van der Waals surface area contributed by atoms with E-state index in [0.717, 1.165) is 22.3 Å². The summed E-state index contributed by atoms with van der Waals surface area (Å²) in [6.07, 6.45) is 4.93. The second kappa shape index (κ2) is 9.91. The Bertz CT molecular complexity index is 1520. The molecule has 9 heteroatoms. The lowest BCUT2D eigenvalue weighted by molar-refractivity contribution is 0.102.